The molecule has 0 aliphatic rings. The van der Waals surface area contributed by atoms with Crippen LogP contribution in [0.4, 0.5) is 0 Å². The van der Waals surface area contributed by atoms with Crippen LogP contribution in [-0.4, -0.2) is 46.6 Å². The van der Waals surface area contributed by atoms with Crippen LogP contribution in [0.25, 0.3) is 0 Å². The van der Waals surface area contributed by atoms with Crippen molar-refractivity contribution >= 4 is 16.1 Å². The number of aryl methyl sites for hydroxylation is 1. The Balaban J connectivity index is 1.81. The Morgan fingerprint density at radius 2 is 1.71 bits per heavy atom. The zero-order valence-electron chi connectivity index (χ0n) is 18.2. The Hall–Kier alpha value is -2.58. The van der Waals surface area contributed by atoms with Gasteiger partial charge in [-0.15, -0.1) is 0 Å². The highest BCUT2D eigenvalue weighted by Crippen LogP contribution is 2.18. The molecule has 8 heteroatoms. The lowest BCUT2D eigenvalue weighted by Crippen LogP contribution is -2.28. The zero-order chi connectivity index (χ0) is 22.7. The molecule has 0 saturated heterocycles. The molecule has 2 aromatic rings. The second-order valence-corrected chi connectivity index (χ2v) is 8.51. The summed E-state index contributed by atoms with van der Waals surface area (Å²) in [5.41, 5.74) is 1.93. The maximum atomic E-state index is 12.0. The van der Waals surface area contributed by atoms with Crippen LogP contribution in [0.15, 0.2) is 48.5 Å². The summed E-state index contributed by atoms with van der Waals surface area (Å²) in [4.78, 5) is 12.0. The molecule has 0 saturated carbocycles. The zero-order valence-corrected chi connectivity index (χ0v) is 19.0. The van der Waals surface area contributed by atoms with E-state index in [9.17, 15) is 13.2 Å². The third kappa shape index (κ3) is 9.40. The third-order valence-electron chi connectivity index (χ3n) is 4.29. The minimum atomic E-state index is -3.54. The molecule has 2 aromatic carbocycles. The lowest BCUT2D eigenvalue weighted by atomic mass is 10.1. The predicted octanol–water partition coefficient (Wildman–Crippen LogP) is 3.55. The molecular formula is C23H30O7S. The van der Waals surface area contributed by atoms with Gasteiger partial charge in [-0.25, -0.2) is 4.79 Å². The van der Waals surface area contributed by atoms with Gasteiger partial charge >= 0.3 is 16.1 Å². The molecule has 0 spiro atoms. The first-order valence-corrected chi connectivity index (χ1v) is 12.1. The Labute approximate surface area is 184 Å². The van der Waals surface area contributed by atoms with Gasteiger partial charge in [0.1, 0.15) is 11.5 Å². The first kappa shape index (κ1) is 24.7. The highest BCUT2D eigenvalue weighted by molar-refractivity contribution is 7.86. The average molecular weight is 451 g/mol. The van der Waals surface area contributed by atoms with E-state index in [4.69, 9.17) is 18.4 Å². The van der Waals surface area contributed by atoms with E-state index in [0.29, 0.717) is 32.0 Å². The molecule has 0 aliphatic carbocycles. The SMILES string of the molecule is CCOC(=O)C(Cc1ccc(OCCCc2cccc(OS(C)(=O)=O)c2)cc1)OCC. The van der Waals surface area contributed by atoms with Crippen molar-refractivity contribution in [3.63, 3.8) is 0 Å². The normalized spacial score (nSPS) is 12.2. The number of ether oxygens (including phenoxy) is 3. The minimum Gasteiger partial charge on any atom is -0.494 e. The molecule has 31 heavy (non-hydrogen) atoms. The summed E-state index contributed by atoms with van der Waals surface area (Å²) in [6.45, 7) is 4.89. The quantitative estimate of drug-likeness (QED) is 0.262. The van der Waals surface area contributed by atoms with Crippen LogP contribution in [0.2, 0.25) is 0 Å². The smallest absolute Gasteiger partial charge is 0.335 e. The van der Waals surface area contributed by atoms with E-state index < -0.39 is 16.2 Å². The molecule has 0 bridgehead atoms. The van der Waals surface area contributed by atoms with Crippen molar-refractivity contribution in [2.45, 2.75) is 39.2 Å². The average Bonchev–Trinajstić information content (AvgIpc) is 2.71. The highest BCUT2D eigenvalue weighted by Gasteiger charge is 2.20. The molecule has 0 aliphatic heterocycles. The van der Waals surface area contributed by atoms with Gasteiger partial charge in [0.05, 0.1) is 19.5 Å². The van der Waals surface area contributed by atoms with Gasteiger partial charge in [0.25, 0.3) is 0 Å². The largest absolute Gasteiger partial charge is 0.494 e. The van der Waals surface area contributed by atoms with Crippen molar-refractivity contribution in [2.24, 2.45) is 0 Å². The molecule has 170 valence electrons. The second-order valence-electron chi connectivity index (χ2n) is 6.93. The molecular weight excluding hydrogens is 420 g/mol. The minimum absolute atomic E-state index is 0.310. The van der Waals surface area contributed by atoms with Crippen LogP contribution in [0.3, 0.4) is 0 Å². The topological polar surface area (TPSA) is 88.1 Å². The standard InChI is InChI=1S/C23H30O7S/c1-4-27-22(23(24)28-5-2)17-19-11-13-20(14-12-19)29-15-7-9-18-8-6-10-21(16-18)30-31(3,25)26/h6,8,10-14,16,22H,4-5,7,9,15,17H2,1-3H3. The van der Waals surface area contributed by atoms with E-state index in [1.165, 1.54) is 0 Å². The summed E-state index contributed by atoms with van der Waals surface area (Å²) in [5.74, 6) is 0.697. The number of esters is 1. The molecule has 0 radical (unpaired) electrons. The number of carbonyl (C=O) groups is 1. The van der Waals surface area contributed by atoms with Crippen molar-refractivity contribution in [3.8, 4) is 11.5 Å². The Bertz CT molecular complexity index is 923. The third-order valence-corrected chi connectivity index (χ3v) is 4.78. The number of rotatable bonds is 13. The summed E-state index contributed by atoms with van der Waals surface area (Å²) < 4.78 is 43.7. The van der Waals surface area contributed by atoms with Gasteiger partial charge in [-0.05, 0) is 62.1 Å². The summed E-state index contributed by atoms with van der Waals surface area (Å²) in [6.07, 6.45) is 2.35. The Morgan fingerprint density at radius 1 is 0.968 bits per heavy atom. The van der Waals surface area contributed by atoms with E-state index in [1.54, 1.807) is 25.1 Å². The number of carbonyl (C=O) groups excluding carboxylic acids is 1. The van der Waals surface area contributed by atoms with E-state index in [1.807, 2.05) is 37.3 Å². The number of benzene rings is 2. The monoisotopic (exact) mass is 450 g/mol. The van der Waals surface area contributed by atoms with Gasteiger partial charge < -0.3 is 18.4 Å². The van der Waals surface area contributed by atoms with E-state index in [0.717, 1.165) is 36.0 Å². The van der Waals surface area contributed by atoms with Gasteiger partial charge in [0, 0.05) is 13.0 Å². The summed E-state index contributed by atoms with van der Waals surface area (Å²) >= 11 is 0. The first-order valence-electron chi connectivity index (χ1n) is 10.3. The van der Waals surface area contributed by atoms with Gasteiger partial charge in [0.15, 0.2) is 6.10 Å². The molecule has 1 unspecified atom stereocenters. The van der Waals surface area contributed by atoms with Gasteiger partial charge in [-0.3, -0.25) is 0 Å². The van der Waals surface area contributed by atoms with Crippen molar-refractivity contribution in [3.05, 3.63) is 59.7 Å². The molecule has 0 N–H and O–H groups in total. The fourth-order valence-electron chi connectivity index (χ4n) is 2.98. The maximum absolute atomic E-state index is 12.0. The predicted molar refractivity (Wildman–Crippen MR) is 118 cm³/mol. The number of hydrogen-bond acceptors (Lipinski definition) is 7. The molecule has 0 heterocycles. The Morgan fingerprint density at radius 3 is 2.35 bits per heavy atom. The second kappa shape index (κ2) is 12.3. The molecule has 0 amide bonds. The van der Waals surface area contributed by atoms with E-state index >= 15 is 0 Å². The van der Waals surface area contributed by atoms with Crippen LogP contribution < -0.4 is 8.92 Å². The van der Waals surface area contributed by atoms with Crippen LogP contribution in [0.5, 0.6) is 11.5 Å². The molecule has 2 rings (SSSR count). The molecule has 0 fully saturated rings. The van der Waals surface area contributed by atoms with Crippen LogP contribution in [0, 0.1) is 0 Å². The highest BCUT2D eigenvalue weighted by atomic mass is 32.2. The summed E-state index contributed by atoms with van der Waals surface area (Å²) in [6, 6.07) is 14.6. The summed E-state index contributed by atoms with van der Waals surface area (Å²) in [7, 11) is -3.54. The fraction of sp³-hybridized carbons (Fsp3) is 0.435. The van der Waals surface area contributed by atoms with Crippen LogP contribution in [-0.2, 0) is 37.2 Å². The molecule has 7 nitrogen and oxygen atoms in total. The first-order chi connectivity index (χ1) is 14.8. The fourth-order valence-corrected chi connectivity index (χ4v) is 3.43. The van der Waals surface area contributed by atoms with Gasteiger partial charge in [0.2, 0.25) is 0 Å². The van der Waals surface area contributed by atoms with E-state index in [-0.39, 0.29) is 5.97 Å². The van der Waals surface area contributed by atoms with Crippen molar-refractivity contribution in [2.75, 3.05) is 26.1 Å². The maximum Gasteiger partial charge on any atom is 0.335 e. The Kier molecular flexibility index (Phi) is 9.81. The molecule has 1 atom stereocenters. The van der Waals surface area contributed by atoms with Crippen molar-refractivity contribution in [1.29, 1.82) is 0 Å². The van der Waals surface area contributed by atoms with Crippen molar-refractivity contribution < 1.29 is 31.6 Å². The van der Waals surface area contributed by atoms with Gasteiger partial charge in [-0.2, -0.15) is 8.42 Å². The summed E-state index contributed by atoms with van der Waals surface area (Å²) in [5, 5.41) is 0. The lowest BCUT2D eigenvalue weighted by molar-refractivity contribution is -0.156. The van der Waals surface area contributed by atoms with E-state index in [2.05, 4.69) is 0 Å². The lowest BCUT2D eigenvalue weighted by Gasteiger charge is -2.15. The van der Waals surface area contributed by atoms with Crippen molar-refractivity contribution in [1.82, 2.24) is 0 Å². The van der Waals surface area contributed by atoms with Gasteiger partial charge in [-0.1, -0.05) is 24.3 Å². The van der Waals surface area contributed by atoms with Crippen LogP contribution in [0.1, 0.15) is 31.4 Å². The molecule has 0 aromatic heterocycles. The number of hydrogen-bond donors (Lipinski definition) is 0. The van der Waals surface area contributed by atoms with Crippen LogP contribution >= 0.6 is 0 Å².